The number of amides is 3. The number of nitrogens with zero attached hydrogens (tertiary/aromatic N) is 3. The van der Waals surface area contributed by atoms with Crippen LogP contribution in [0.1, 0.15) is 44.9 Å². The van der Waals surface area contributed by atoms with Crippen molar-refractivity contribution < 1.29 is 19.1 Å². The number of methoxy groups -OCH3 is 1. The molecule has 0 spiro atoms. The van der Waals surface area contributed by atoms with E-state index in [-0.39, 0.29) is 24.6 Å². The SMILES string of the molecule is C=C(/C=C\C(C)=C/C)[C@@H]1N=C(c2ccc(OC)cc2OC(C)C)N(C(=O)N2CCNC(=O)C2)[C@@H]1c1ccc(Cl)cc1. The number of halogens is 1. The molecule has 2 aliphatic heterocycles. The molecule has 9 heteroatoms. The fraction of sp³-hybridized carbons (Fsp3) is 0.344. The predicted molar refractivity (Wildman–Crippen MR) is 163 cm³/mol. The van der Waals surface area contributed by atoms with Gasteiger partial charge in [-0.05, 0) is 63.1 Å². The van der Waals surface area contributed by atoms with Gasteiger partial charge in [0.25, 0.3) is 0 Å². The highest BCUT2D eigenvalue weighted by Gasteiger charge is 2.45. The number of carbonyl (C=O) groups is 2. The molecule has 0 saturated carbocycles. The van der Waals surface area contributed by atoms with Gasteiger partial charge in [0, 0.05) is 24.2 Å². The van der Waals surface area contributed by atoms with Gasteiger partial charge >= 0.3 is 6.03 Å². The third kappa shape index (κ3) is 6.82. The van der Waals surface area contributed by atoms with Crippen LogP contribution in [0.5, 0.6) is 11.5 Å². The number of nitrogens with one attached hydrogen (secondary N) is 1. The van der Waals surface area contributed by atoms with Gasteiger partial charge in [-0.3, -0.25) is 14.7 Å². The zero-order chi connectivity index (χ0) is 29.7. The van der Waals surface area contributed by atoms with Crippen molar-refractivity contribution in [2.24, 2.45) is 4.99 Å². The van der Waals surface area contributed by atoms with Gasteiger partial charge in [-0.15, -0.1) is 0 Å². The van der Waals surface area contributed by atoms with Crippen molar-refractivity contribution in [3.63, 3.8) is 0 Å². The Labute approximate surface area is 247 Å². The molecule has 0 aromatic heterocycles. The number of carbonyl (C=O) groups excluding carboxylic acids is 2. The molecule has 3 amide bonds. The molecule has 0 aliphatic carbocycles. The molecule has 41 heavy (non-hydrogen) atoms. The first-order valence-corrected chi connectivity index (χ1v) is 14.0. The van der Waals surface area contributed by atoms with Crippen LogP contribution in [0.25, 0.3) is 0 Å². The lowest BCUT2D eigenvalue weighted by Crippen LogP contribution is -2.55. The lowest BCUT2D eigenvalue weighted by molar-refractivity contribution is -0.123. The molecular formula is C32H37ClN4O4. The summed E-state index contributed by atoms with van der Waals surface area (Å²) in [6, 6.07) is 11.5. The van der Waals surface area contributed by atoms with Gasteiger partial charge < -0.3 is 19.7 Å². The Kier molecular flexibility index (Phi) is 9.55. The maximum atomic E-state index is 14.4. The standard InChI is InChI=1S/C32H37ClN4O4/c1-7-21(4)8-9-22(5)29-30(23-10-12-24(33)13-11-23)37(32(39)36-17-16-34-28(38)19-36)31(35-29)26-15-14-25(40-6)18-27(26)41-20(2)3/h7-15,18,20,29-30H,5,16-17,19H2,1-4,6H3,(H,34,38)/b9-8-,21-7-/t29-,30+/m0/s1. The average molecular weight is 577 g/mol. The number of ether oxygens (including phenoxy) is 2. The van der Waals surface area contributed by atoms with Crippen molar-refractivity contribution in [1.29, 1.82) is 0 Å². The van der Waals surface area contributed by atoms with Gasteiger partial charge in [-0.1, -0.05) is 54.1 Å². The fourth-order valence-corrected chi connectivity index (χ4v) is 4.90. The Balaban J connectivity index is 1.92. The molecule has 1 fully saturated rings. The van der Waals surface area contributed by atoms with Crippen molar-refractivity contribution >= 4 is 29.4 Å². The summed E-state index contributed by atoms with van der Waals surface area (Å²) in [6.45, 7) is 12.9. The van der Waals surface area contributed by atoms with Crippen molar-refractivity contribution in [3.05, 3.63) is 94.6 Å². The number of allylic oxidation sites excluding steroid dienone is 3. The van der Waals surface area contributed by atoms with Gasteiger partial charge in [0.15, 0.2) is 0 Å². The fourth-order valence-electron chi connectivity index (χ4n) is 4.78. The summed E-state index contributed by atoms with van der Waals surface area (Å²) in [6.07, 6.45) is 5.79. The van der Waals surface area contributed by atoms with E-state index in [9.17, 15) is 9.59 Å². The molecule has 1 N–H and O–H groups in total. The van der Waals surface area contributed by atoms with Crippen LogP contribution < -0.4 is 14.8 Å². The molecular weight excluding hydrogens is 540 g/mol. The van der Waals surface area contributed by atoms with E-state index in [2.05, 4.69) is 11.9 Å². The molecule has 0 bridgehead atoms. The number of hydrogen-bond donors (Lipinski definition) is 1. The van der Waals surface area contributed by atoms with E-state index in [0.29, 0.717) is 41.0 Å². The second kappa shape index (κ2) is 13.1. The van der Waals surface area contributed by atoms with Crippen molar-refractivity contribution in [3.8, 4) is 11.5 Å². The number of hydrogen-bond acceptors (Lipinski definition) is 5. The average Bonchev–Trinajstić information content (AvgIpc) is 3.35. The Morgan fingerprint density at radius 3 is 2.56 bits per heavy atom. The zero-order valence-corrected chi connectivity index (χ0v) is 24.9. The molecule has 2 aromatic rings. The highest BCUT2D eigenvalue weighted by atomic mass is 35.5. The van der Waals surface area contributed by atoms with Crippen LogP contribution in [0.4, 0.5) is 4.79 Å². The number of amidine groups is 1. The second-order valence-electron chi connectivity index (χ2n) is 10.3. The van der Waals surface area contributed by atoms with Crippen LogP contribution in [0.2, 0.25) is 5.02 Å². The lowest BCUT2D eigenvalue weighted by atomic mass is 9.93. The van der Waals surface area contributed by atoms with Gasteiger partial charge in [-0.2, -0.15) is 0 Å². The highest BCUT2D eigenvalue weighted by molar-refractivity contribution is 6.30. The number of piperazine rings is 1. The number of benzene rings is 2. The summed E-state index contributed by atoms with van der Waals surface area (Å²) < 4.78 is 11.7. The van der Waals surface area contributed by atoms with Crippen LogP contribution in [-0.4, -0.2) is 66.5 Å². The summed E-state index contributed by atoms with van der Waals surface area (Å²) in [5.74, 6) is 1.38. The summed E-state index contributed by atoms with van der Waals surface area (Å²) >= 11 is 6.25. The quantitative estimate of drug-likeness (QED) is 0.394. The molecule has 1 saturated heterocycles. The van der Waals surface area contributed by atoms with Crippen LogP contribution in [0, 0.1) is 0 Å². The van der Waals surface area contributed by atoms with E-state index < -0.39 is 12.1 Å². The molecule has 4 rings (SSSR count). The Morgan fingerprint density at radius 1 is 1.20 bits per heavy atom. The van der Waals surface area contributed by atoms with Crippen LogP contribution in [0.3, 0.4) is 0 Å². The topological polar surface area (TPSA) is 83.5 Å². The minimum absolute atomic E-state index is 0.0417. The Hall–Kier alpha value is -4.04. The molecule has 2 heterocycles. The van der Waals surface area contributed by atoms with Gasteiger partial charge in [0.05, 0.1) is 24.8 Å². The first-order valence-electron chi connectivity index (χ1n) is 13.7. The molecule has 2 aliphatic rings. The highest BCUT2D eigenvalue weighted by Crippen LogP contribution is 2.41. The number of rotatable bonds is 8. The van der Waals surface area contributed by atoms with Crippen LogP contribution >= 0.6 is 11.6 Å². The first kappa shape index (κ1) is 29.9. The molecule has 8 nitrogen and oxygen atoms in total. The molecule has 0 radical (unpaired) electrons. The van der Waals surface area contributed by atoms with E-state index in [1.54, 1.807) is 35.1 Å². The summed E-state index contributed by atoms with van der Waals surface area (Å²) in [7, 11) is 1.59. The minimum atomic E-state index is -0.545. The predicted octanol–water partition coefficient (Wildman–Crippen LogP) is 5.94. The van der Waals surface area contributed by atoms with Gasteiger partial charge in [0.2, 0.25) is 5.91 Å². The van der Waals surface area contributed by atoms with Crippen LogP contribution in [0.15, 0.2) is 83.4 Å². The Morgan fingerprint density at radius 2 is 1.93 bits per heavy atom. The Bertz CT molecular complexity index is 1400. The molecule has 216 valence electrons. The van der Waals surface area contributed by atoms with Crippen molar-refractivity contribution in [2.75, 3.05) is 26.7 Å². The van der Waals surface area contributed by atoms with Crippen molar-refractivity contribution in [2.45, 2.75) is 45.9 Å². The molecule has 2 aromatic carbocycles. The summed E-state index contributed by atoms with van der Waals surface area (Å²) in [5, 5.41) is 3.38. The van der Waals surface area contributed by atoms with E-state index in [1.807, 2.05) is 70.2 Å². The number of aliphatic imine (C=N–C) groups is 1. The van der Waals surface area contributed by atoms with E-state index in [0.717, 1.165) is 16.7 Å². The maximum Gasteiger partial charge on any atom is 0.326 e. The third-order valence-electron chi connectivity index (χ3n) is 6.98. The second-order valence-corrected chi connectivity index (χ2v) is 10.7. The maximum absolute atomic E-state index is 14.4. The first-order chi connectivity index (χ1) is 19.6. The van der Waals surface area contributed by atoms with Gasteiger partial charge in [-0.25, -0.2) is 4.79 Å². The van der Waals surface area contributed by atoms with E-state index in [1.165, 1.54) is 0 Å². The number of urea groups is 1. The van der Waals surface area contributed by atoms with E-state index >= 15 is 0 Å². The lowest BCUT2D eigenvalue weighted by Gasteiger charge is -2.36. The summed E-state index contributed by atoms with van der Waals surface area (Å²) in [4.78, 5) is 35.0. The zero-order valence-electron chi connectivity index (χ0n) is 24.2. The largest absolute Gasteiger partial charge is 0.497 e. The van der Waals surface area contributed by atoms with Gasteiger partial charge in [0.1, 0.15) is 29.9 Å². The summed E-state index contributed by atoms with van der Waals surface area (Å²) in [5.41, 5.74) is 3.28. The monoisotopic (exact) mass is 576 g/mol. The molecule has 2 atom stereocenters. The van der Waals surface area contributed by atoms with E-state index in [4.69, 9.17) is 26.1 Å². The third-order valence-corrected chi connectivity index (χ3v) is 7.23. The van der Waals surface area contributed by atoms with Crippen LogP contribution in [-0.2, 0) is 4.79 Å². The molecule has 0 unspecified atom stereocenters. The van der Waals surface area contributed by atoms with Crippen molar-refractivity contribution in [1.82, 2.24) is 15.1 Å². The smallest absolute Gasteiger partial charge is 0.326 e. The normalized spacial score (nSPS) is 19.4. The minimum Gasteiger partial charge on any atom is -0.497 e.